The lowest BCUT2D eigenvalue weighted by molar-refractivity contribution is -0.116. The summed E-state index contributed by atoms with van der Waals surface area (Å²) in [6, 6.07) is 11.3. The van der Waals surface area contributed by atoms with Crippen molar-refractivity contribution in [1.82, 2.24) is 4.57 Å². The number of hydrogen-bond donors (Lipinski definition) is 1. The molecule has 0 aliphatic rings. The van der Waals surface area contributed by atoms with Gasteiger partial charge in [0.1, 0.15) is 0 Å². The zero-order chi connectivity index (χ0) is 17.3. The lowest BCUT2D eigenvalue weighted by Crippen LogP contribution is -2.20. The number of fused-ring (bicyclic) bond motifs is 1. The molecule has 1 amide bonds. The molecule has 1 heterocycles. The van der Waals surface area contributed by atoms with Gasteiger partial charge in [0.25, 0.3) is 0 Å². The van der Waals surface area contributed by atoms with Gasteiger partial charge in [0.15, 0.2) is 5.58 Å². The van der Waals surface area contributed by atoms with Crippen LogP contribution in [0.5, 0.6) is 0 Å². The summed E-state index contributed by atoms with van der Waals surface area (Å²) < 4.78 is 6.67. The minimum Gasteiger partial charge on any atom is -0.408 e. The van der Waals surface area contributed by atoms with E-state index in [0.29, 0.717) is 11.1 Å². The average molecular weight is 324 g/mol. The molecule has 0 aliphatic heterocycles. The molecule has 3 rings (SSSR count). The minimum atomic E-state index is -0.438. The molecular formula is C19H20N2O3. The summed E-state index contributed by atoms with van der Waals surface area (Å²) in [5.41, 5.74) is 5.32. The van der Waals surface area contributed by atoms with E-state index in [-0.39, 0.29) is 18.9 Å². The summed E-state index contributed by atoms with van der Waals surface area (Å²) in [4.78, 5) is 24.2. The van der Waals surface area contributed by atoms with E-state index < -0.39 is 5.76 Å². The van der Waals surface area contributed by atoms with E-state index in [2.05, 4.69) is 5.32 Å². The zero-order valence-corrected chi connectivity index (χ0v) is 14.1. The van der Waals surface area contributed by atoms with Gasteiger partial charge in [-0.15, -0.1) is 0 Å². The number of amides is 1. The average Bonchev–Trinajstić information content (AvgIpc) is 2.84. The first-order chi connectivity index (χ1) is 11.5. The van der Waals surface area contributed by atoms with Gasteiger partial charge in [-0.3, -0.25) is 9.36 Å². The fourth-order valence-corrected chi connectivity index (χ4v) is 3.02. The van der Waals surface area contributed by atoms with E-state index in [9.17, 15) is 9.59 Å². The SMILES string of the molecule is Cc1cc(C)c(NC(=O)CCn2c(=O)oc3ccccc32)c(C)c1. The molecule has 5 heteroatoms. The van der Waals surface area contributed by atoms with E-state index >= 15 is 0 Å². The summed E-state index contributed by atoms with van der Waals surface area (Å²) in [6.07, 6.45) is 0.205. The number of hydrogen-bond acceptors (Lipinski definition) is 3. The number of rotatable bonds is 4. The Morgan fingerprint density at radius 2 is 1.79 bits per heavy atom. The predicted molar refractivity (Wildman–Crippen MR) is 94.4 cm³/mol. The monoisotopic (exact) mass is 324 g/mol. The maximum absolute atomic E-state index is 12.3. The maximum Gasteiger partial charge on any atom is 0.419 e. The minimum absolute atomic E-state index is 0.123. The topological polar surface area (TPSA) is 64.2 Å². The van der Waals surface area contributed by atoms with Gasteiger partial charge in [-0.2, -0.15) is 0 Å². The Labute approximate surface area is 139 Å². The molecule has 3 aromatic rings. The maximum atomic E-state index is 12.3. The second kappa shape index (κ2) is 6.35. The first-order valence-electron chi connectivity index (χ1n) is 7.92. The van der Waals surface area contributed by atoms with Crippen LogP contribution in [-0.4, -0.2) is 10.5 Å². The number of anilines is 1. The second-order valence-electron chi connectivity index (χ2n) is 6.06. The Hall–Kier alpha value is -2.82. The molecule has 0 spiro atoms. The van der Waals surface area contributed by atoms with Gasteiger partial charge >= 0.3 is 5.76 Å². The van der Waals surface area contributed by atoms with Crippen LogP contribution in [-0.2, 0) is 11.3 Å². The van der Waals surface area contributed by atoms with E-state index in [0.717, 1.165) is 16.8 Å². The highest BCUT2D eigenvalue weighted by Gasteiger charge is 2.12. The standard InChI is InChI=1S/C19H20N2O3/c1-12-10-13(2)18(14(3)11-12)20-17(22)8-9-21-15-6-4-5-7-16(15)24-19(21)23/h4-7,10-11H,8-9H2,1-3H3,(H,20,22). The van der Waals surface area contributed by atoms with Crippen molar-refractivity contribution in [2.24, 2.45) is 0 Å². The van der Waals surface area contributed by atoms with Gasteiger partial charge in [0.2, 0.25) is 5.91 Å². The summed E-state index contributed by atoms with van der Waals surface area (Å²) >= 11 is 0. The van der Waals surface area contributed by atoms with Crippen molar-refractivity contribution in [2.45, 2.75) is 33.7 Å². The molecule has 0 saturated heterocycles. The lowest BCUT2D eigenvalue weighted by Gasteiger charge is -2.13. The first-order valence-corrected chi connectivity index (χ1v) is 7.92. The highest BCUT2D eigenvalue weighted by molar-refractivity contribution is 5.92. The van der Waals surface area contributed by atoms with Crippen LogP contribution in [0.4, 0.5) is 5.69 Å². The number of nitrogens with zero attached hydrogens (tertiary/aromatic N) is 1. The molecule has 5 nitrogen and oxygen atoms in total. The number of nitrogens with one attached hydrogen (secondary N) is 1. The fourth-order valence-electron chi connectivity index (χ4n) is 3.02. The molecule has 0 bridgehead atoms. The number of aromatic nitrogens is 1. The summed E-state index contributed by atoms with van der Waals surface area (Å²) in [6.45, 7) is 6.26. The Kier molecular flexibility index (Phi) is 4.25. The van der Waals surface area contributed by atoms with E-state index in [1.807, 2.05) is 51.1 Å². The number of carbonyl (C=O) groups is 1. The van der Waals surface area contributed by atoms with Crippen molar-refractivity contribution in [3.63, 3.8) is 0 Å². The fraction of sp³-hybridized carbons (Fsp3) is 0.263. The number of benzene rings is 2. The molecule has 124 valence electrons. The molecule has 2 aromatic carbocycles. The summed E-state index contributed by atoms with van der Waals surface area (Å²) in [5.74, 6) is -0.561. The molecule has 0 aliphatic carbocycles. The lowest BCUT2D eigenvalue weighted by atomic mass is 10.1. The highest BCUT2D eigenvalue weighted by Crippen LogP contribution is 2.22. The van der Waals surface area contributed by atoms with Crippen molar-refractivity contribution in [3.8, 4) is 0 Å². The Morgan fingerprint density at radius 3 is 2.50 bits per heavy atom. The Morgan fingerprint density at radius 1 is 1.12 bits per heavy atom. The summed E-state index contributed by atoms with van der Waals surface area (Å²) in [7, 11) is 0. The number of para-hydroxylation sites is 2. The molecule has 0 radical (unpaired) electrons. The largest absolute Gasteiger partial charge is 0.419 e. The third-order valence-corrected chi connectivity index (χ3v) is 4.08. The van der Waals surface area contributed by atoms with Crippen molar-refractivity contribution >= 4 is 22.7 Å². The van der Waals surface area contributed by atoms with Crippen LogP contribution in [0.1, 0.15) is 23.1 Å². The summed E-state index contributed by atoms with van der Waals surface area (Å²) in [5, 5.41) is 2.95. The van der Waals surface area contributed by atoms with Gasteiger partial charge in [-0.25, -0.2) is 4.79 Å². The van der Waals surface area contributed by atoms with Crippen molar-refractivity contribution < 1.29 is 9.21 Å². The third-order valence-electron chi connectivity index (χ3n) is 4.08. The normalized spacial score (nSPS) is 11.0. The molecule has 0 atom stereocenters. The Balaban J connectivity index is 1.74. The Bertz CT molecular complexity index is 943. The van der Waals surface area contributed by atoms with E-state index in [1.165, 1.54) is 10.1 Å². The number of oxazole rings is 1. The van der Waals surface area contributed by atoms with Crippen molar-refractivity contribution in [3.05, 3.63) is 63.6 Å². The van der Waals surface area contributed by atoms with Gasteiger partial charge in [-0.05, 0) is 44.0 Å². The van der Waals surface area contributed by atoms with Gasteiger partial charge in [0, 0.05) is 18.7 Å². The van der Waals surface area contributed by atoms with Gasteiger partial charge < -0.3 is 9.73 Å². The van der Waals surface area contributed by atoms with Crippen LogP contribution in [0.3, 0.4) is 0 Å². The van der Waals surface area contributed by atoms with Crippen LogP contribution < -0.4 is 11.1 Å². The van der Waals surface area contributed by atoms with Crippen molar-refractivity contribution in [1.29, 1.82) is 0 Å². The quantitative estimate of drug-likeness (QED) is 0.798. The third kappa shape index (κ3) is 3.11. The molecular weight excluding hydrogens is 304 g/mol. The van der Waals surface area contributed by atoms with E-state index in [4.69, 9.17) is 4.42 Å². The van der Waals surface area contributed by atoms with Crippen LogP contribution in [0, 0.1) is 20.8 Å². The molecule has 0 fully saturated rings. The van der Waals surface area contributed by atoms with Crippen LogP contribution in [0.25, 0.3) is 11.1 Å². The van der Waals surface area contributed by atoms with Crippen LogP contribution >= 0.6 is 0 Å². The number of aryl methyl sites for hydroxylation is 4. The predicted octanol–water partition coefficient (Wildman–Crippen LogP) is 3.55. The molecule has 0 unspecified atom stereocenters. The molecule has 1 aromatic heterocycles. The van der Waals surface area contributed by atoms with Crippen LogP contribution in [0.2, 0.25) is 0 Å². The highest BCUT2D eigenvalue weighted by atomic mass is 16.4. The van der Waals surface area contributed by atoms with E-state index in [1.54, 1.807) is 6.07 Å². The van der Waals surface area contributed by atoms with Gasteiger partial charge in [-0.1, -0.05) is 29.8 Å². The van der Waals surface area contributed by atoms with Gasteiger partial charge in [0.05, 0.1) is 5.52 Å². The molecule has 0 saturated carbocycles. The number of carbonyl (C=O) groups excluding carboxylic acids is 1. The zero-order valence-electron chi connectivity index (χ0n) is 14.1. The molecule has 1 N–H and O–H groups in total. The van der Waals surface area contributed by atoms with Crippen molar-refractivity contribution in [2.75, 3.05) is 5.32 Å². The second-order valence-corrected chi connectivity index (χ2v) is 6.06. The molecule has 24 heavy (non-hydrogen) atoms. The first kappa shape index (κ1) is 16.1. The van der Waals surface area contributed by atoms with Crippen LogP contribution in [0.15, 0.2) is 45.6 Å². The smallest absolute Gasteiger partial charge is 0.408 e.